The third-order valence-corrected chi connectivity index (χ3v) is 2.54. The highest BCUT2D eigenvalue weighted by Crippen LogP contribution is 2.18. The van der Waals surface area contributed by atoms with Crippen molar-refractivity contribution in [3.63, 3.8) is 0 Å². The highest BCUT2D eigenvalue weighted by atomic mass is 35.5. The van der Waals surface area contributed by atoms with E-state index in [2.05, 4.69) is 11.8 Å². The zero-order valence-electron chi connectivity index (χ0n) is 7.81. The normalized spacial score (nSPS) is 22.4. The molecule has 1 nitrogen and oxygen atoms in total. The molecule has 0 bridgehead atoms. The summed E-state index contributed by atoms with van der Waals surface area (Å²) in [5.41, 5.74) is 0. The van der Waals surface area contributed by atoms with Gasteiger partial charge in [-0.15, -0.1) is 5.92 Å². The van der Waals surface area contributed by atoms with Crippen LogP contribution in [0.4, 0.5) is 0 Å². The van der Waals surface area contributed by atoms with E-state index in [4.69, 9.17) is 11.6 Å². The van der Waals surface area contributed by atoms with E-state index in [0.717, 1.165) is 19.3 Å². The second kappa shape index (κ2) is 6.05. The molecule has 0 aromatic rings. The van der Waals surface area contributed by atoms with Crippen molar-refractivity contribution < 1.29 is 4.79 Å². The molecule has 0 amide bonds. The van der Waals surface area contributed by atoms with Crippen LogP contribution in [-0.4, -0.2) is 5.24 Å². The Bertz CT molecular complexity index is 224. The summed E-state index contributed by atoms with van der Waals surface area (Å²) in [7, 11) is 0. The molecule has 0 N–H and O–H groups in total. The topological polar surface area (TPSA) is 17.1 Å². The number of hydrogen-bond acceptors (Lipinski definition) is 1. The van der Waals surface area contributed by atoms with Gasteiger partial charge in [-0.2, -0.15) is 0 Å². The number of carbonyl (C=O) groups excluding carboxylic acids is 1. The minimum Gasteiger partial charge on any atom is -0.281 e. The van der Waals surface area contributed by atoms with Gasteiger partial charge in [0.15, 0.2) is 0 Å². The van der Waals surface area contributed by atoms with Crippen LogP contribution in [0.1, 0.15) is 44.9 Å². The molecule has 0 heterocycles. The number of halogens is 1. The largest absolute Gasteiger partial charge is 0.281 e. The van der Waals surface area contributed by atoms with Crippen molar-refractivity contribution >= 4 is 16.8 Å². The van der Waals surface area contributed by atoms with Crippen molar-refractivity contribution in [3.8, 4) is 11.8 Å². The Morgan fingerprint density at radius 2 is 2.23 bits per heavy atom. The summed E-state index contributed by atoms with van der Waals surface area (Å²) in [6.07, 6.45) is 7.22. The van der Waals surface area contributed by atoms with Crippen LogP contribution in [0.5, 0.6) is 0 Å². The highest BCUT2D eigenvalue weighted by Gasteiger charge is 2.08. The van der Waals surface area contributed by atoms with E-state index < -0.39 is 0 Å². The Morgan fingerprint density at radius 1 is 1.38 bits per heavy atom. The van der Waals surface area contributed by atoms with Crippen LogP contribution in [0, 0.1) is 17.8 Å². The fraction of sp³-hybridized carbons (Fsp3) is 0.727. The summed E-state index contributed by atoms with van der Waals surface area (Å²) in [4.78, 5) is 10.6. The summed E-state index contributed by atoms with van der Waals surface area (Å²) in [5, 5.41) is -0.233. The zero-order valence-corrected chi connectivity index (χ0v) is 8.57. The van der Waals surface area contributed by atoms with Crippen LogP contribution in [0.15, 0.2) is 0 Å². The Labute approximate surface area is 84.8 Å². The van der Waals surface area contributed by atoms with Crippen LogP contribution in [0.25, 0.3) is 0 Å². The molecule has 2 heteroatoms. The van der Waals surface area contributed by atoms with Crippen molar-refractivity contribution in [1.82, 2.24) is 0 Å². The molecule has 1 unspecified atom stereocenters. The van der Waals surface area contributed by atoms with Crippen LogP contribution in [-0.2, 0) is 4.79 Å². The molecular weight excluding hydrogens is 184 g/mol. The average Bonchev–Trinajstić information content (AvgIpc) is 2.01. The van der Waals surface area contributed by atoms with Gasteiger partial charge in [0.2, 0.25) is 5.24 Å². The van der Waals surface area contributed by atoms with E-state index >= 15 is 0 Å². The van der Waals surface area contributed by atoms with Crippen molar-refractivity contribution in [2.24, 2.45) is 5.92 Å². The van der Waals surface area contributed by atoms with Crippen LogP contribution in [0.3, 0.4) is 0 Å². The molecule has 72 valence electrons. The van der Waals surface area contributed by atoms with E-state index in [1.54, 1.807) is 0 Å². The van der Waals surface area contributed by atoms with Gasteiger partial charge in [-0.1, -0.05) is 18.8 Å². The third kappa shape index (κ3) is 4.95. The first-order valence-corrected chi connectivity index (χ1v) is 5.33. The maximum atomic E-state index is 10.6. The Hall–Kier alpha value is -0.480. The van der Waals surface area contributed by atoms with E-state index in [1.807, 2.05) is 0 Å². The number of hydrogen-bond donors (Lipinski definition) is 0. The molecule has 0 spiro atoms. The summed E-state index contributed by atoms with van der Waals surface area (Å²) < 4.78 is 0. The van der Waals surface area contributed by atoms with Gasteiger partial charge >= 0.3 is 0 Å². The molecule has 1 atom stereocenters. The Balaban J connectivity index is 2.32. The minimum absolute atomic E-state index is 0.233. The lowest BCUT2D eigenvalue weighted by molar-refractivity contribution is -0.111. The summed E-state index contributed by atoms with van der Waals surface area (Å²) in [5.74, 6) is 6.78. The van der Waals surface area contributed by atoms with Gasteiger partial charge in [0.05, 0.1) is 0 Å². The predicted molar refractivity (Wildman–Crippen MR) is 54.4 cm³/mol. The minimum atomic E-state index is -0.233. The van der Waals surface area contributed by atoms with E-state index in [0.29, 0.717) is 12.3 Å². The van der Waals surface area contributed by atoms with Gasteiger partial charge in [-0.25, -0.2) is 0 Å². The zero-order chi connectivity index (χ0) is 9.52. The molecule has 0 aromatic heterocycles. The van der Waals surface area contributed by atoms with Crippen molar-refractivity contribution in [2.75, 3.05) is 0 Å². The van der Waals surface area contributed by atoms with E-state index in [1.165, 1.54) is 19.3 Å². The van der Waals surface area contributed by atoms with Gasteiger partial charge in [0.25, 0.3) is 0 Å². The molecule has 0 aromatic carbocycles. The average molecular weight is 199 g/mol. The fourth-order valence-corrected chi connectivity index (χ4v) is 1.68. The van der Waals surface area contributed by atoms with Crippen LogP contribution >= 0.6 is 11.6 Å². The van der Waals surface area contributed by atoms with Gasteiger partial charge in [0.1, 0.15) is 0 Å². The molecule has 1 rings (SSSR count). The SMILES string of the molecule is O=C(Cl)CCC1C#CCCCCC1. The molecule has 0 saturated carbocycles. The first-order valence-electron chi connectivity index (χ1n) is 4.96. The van der Waals surface area contributed by atoms with Gasteiger partial charge < -0.3 is 0 Å². The standard InChI is InChI=1S/C11H15ClO/c12-11(13)9-8-10-6-4-2-1-3-5-7-10/h10H,1-4,6,8-9H2. The van der Waals surface area contributed by atoms with E-state index in [-0.39, 0.29) is 5.24 Å². The Morgan fingerprint density at radius 3 is 3.00 bits per heavy atom. The first kappa shape index (κ1) is 10.6. The van der Waals surface area contributed by atoms with Gasteiger partial charge in [-0.3, -0.25) is 4.79 Å². The van der Waals surface area contributed by atoms with Gasteiger partial charge in [-0.05, 0) is 30.9 Å². The number of carbonyl (C=O) groups is 1. The molecule has 1 aliphatic carbocycles. The molecule has 0 radical (unpaired) electrons. The third-order valence-electron chi connectivity index (χ3n) is 2.35. The molecule has 13 heavy (non-hydrogen) atoms. The smallest absolute Gasteiger partial charge is 0.221 e. The lowest BCUT2D eigenvalue weighted by atomic mass is 9.94. The predicted octanol–water partition coefficient (Wildman–Crippen LogP) is 3.12. The van der Waals surface area contributed by atoms with Crippen molar-refractivity contribution in [2.45, 2.75) is 44.9 Å². The fourth-order valence-electron chi connectivity index (χ4n) is 1.57. The van der Waals surface area contributed by atoms with Crippen molar-refractivity contribution in [1.29, 1.82) is 0 Å². The summed E-state index contributed by atoms with van der Waals surface area (Å²) in [6, 6.07) is 0. The highest BCUT2D eigenvalue weighted by molar-refractivity contribution is 6.63. The number of rotatable bonds is 3. The maximum absolute atomic E-state index is 10.6. The molecule has 0 fully saturated rings. The first-order chi connectivity index (χ1) is 6.29. The monoisotopic (exact) mass is 198 g/mol. The second-order valence-electron chi connectivity index (χ2n) is 3.51. The van der Waals surface area contributed by atoms with Crippen LogP contribution in [0.2, 0.25) is 0 Å². The Kier molecular flexibility index (Phi) is 4.93. The summed E-state index contributed by atoms with van der Waals surface area (Å²) in [6.45, 7) is 0. The lowest BCUT2D eigenvalue weighted by Crippen LogP contribution is -2.01. The van der Waals surface area contributed by atoms with Gasteiger partial charge in [0, 0.05) is 18.8 Å². The lowest BCUT2D eigenvalue weighted by Gasteiger charge is -2.10. The van der Waals surface area contributed by atoms with Crippen LogP contribution < -0.4 is 0 Å². The van der Waals surface area contributed by atoms with E-state index in [9.17, 15) is 4.79 Å². The molecule has 0 saturated heterocycles. The second-order valence-corrected chi connectivity index (χ2v) is 3.93. The molecular formula is C11H15ClO. The quantitative estimate of drug-likeness (QED) is 0.503. The maximum Gasteiger partial charge on any atom is 0.221 e. The van der Waals surface area contributed by atoms with Crippen molar-refractivity contribution in [3.05, 3.63) is 0 Å². The summed E-state index contributed by atoms with van der Waals surface area (Å²) >= 11 is 5.28. The molecule has 0 aliphatic heterocycles. The molecule has 1 aliphatic rings.